The molecule has 1 fully saturated rings. The van der Waals surface area contributed by atoms with Gasteiger partial charge in [0, 0.05) is 7.11 Å². The summed E-state index contributed by atoms with van der Waals surface area (Å²) in [6.45, 7) is 3.77. The van der Waals surface area contributed by atoms with E-state index in [1.54, 1.807) is 0 Å². The molecule has 1 heteroatoms. The number of ether oxygens (including phenoxy) is 1. The van der Waals surface area contributed by atoms with Crippen molar-refractivity contribution in [3.8, 4) is 0 Å². The molecule has 0 aromatic rings. The predicted octanol–water partition coefficient (Wildman–Crippen LogP) is 2.91. The van der Waals surface area contributed by atoms with Crippen molar-refractivity contribution in [2.24, 2.45) is 0 Å². The van der Waals surface area contributed by atoms with E-state index in [1.165, 1.54) is 32.1 Å². The fraction of sp³-hybridized carbons (Fsp3) is 0.800. The first kappa shape index (κ1) is 8.79. The Morgan fingerprint density at radius 2 is 2.00 bits per heavy atom. The van der Waals surface area contributed by atoms with Gasteiger partial charge in [-0.15, -0.1) is 6.58 Å². The predicted molar refractivity (Wildman–Crippen MR) is 47.6 cm³/mol. The molecule has 1 aliphatic carbocycles. The van der Waals surface area contributed by atoms with E-state index >= 15 is 0 Å². The van der Waals surface area contributed by atoms with Gasteiger partial charge in [-0.3, -0.25) is 0 Å². The first-order chi connectivity index (χ1) is 5.33. The lowest BCUT2D eigenvalue weighted by molar-refractivity contribution is -0.0364. The molecule has 0 bridgehead atoms. The Kier molecular flexibility index (Phi) is 3.13. The third kappa shape index (κ3) is 2.06. The molecule has 0 aromatic heterocycles. The van der Waals surface area contributed by atoms with Crippen LogP contribution in [-0.2, 0) is 4.74 Å². The van der Waals surface area contributed by atoms with E-state index in [2.05, 4.69) is 6.58 Å². The Balaban J connectivity index is 2.49. The van der Waals surface area contributed by atoms with Gasteiger partial charge in [0.1, 0.15) is 0 Å². The SMILES string of the molecule is C=CCC1(OC)CCCCC1. The standard InChI is InChI=1S/C10H18O/c1-3-7-10(11-2)8-5-4-6-9-10/h3H,1,4-9H2,2H3. The van der Waals surface area contributed by atoms with Crippen molar-refractivity contribution in [1.82, 2.24) is 0 Å². The van der Waals surface area contributed by atoms with E-state index in [-0.39, 0.29) is 5.60 Å². The smallest absolute Gasteiger partial charge is 0.0712 e. The average Bonchev–Trinajstić information content (AvgIpc) is 2.07. The summed E-state index contributed by atoms with van der Waals surface area (Å²) >= 11 is 0. The normalized spacial score (nSPS) is 23.0. The first-order valence-electron chi connectivity index (χ1n) is 4.49. The Hall–Kier alpha value is -0.300. The molecule has 1 aliphatic rings. The second-order valence-electron chi connectivity index (χ2n) is 3.44. The molecule has 1 saturated carbocycles. The van der Waals surface area contributed by atoms with E-state index in [4.69, 9.17) is 4.74 Å². The summed E-state index contributed by atoms with van der Waals surface area (Å²) in [7, 11) is 1.83. The highest BCUT2D eigenvalue weighted by molar-refractivity contribution is 4.90. The van der Waals surface area contributed by atoms with Crippen LogP contribution in [0, 0.1) is 0 Å². The first-order valence-corrected chi connectivity index (χ1v) is 4.49. The van der Waals surface area contributed by atoms with Crippen LogP contribution < -0.4 is 0 Å². The highest BCUT2D eigenvalue weighted by atomic mass is 16.5. The van der Waals surface area contributed by atoms with E-state index in [0.29, 0.717) is 0 Å². The topological polar surface area (TPSA) is 9.23 Å². The largest absolute Gasteiger partial charge is 0.378 e. The van der Waals surface area contributed by atoms with Gasteiger partial charge in [0.15, 0.2) is 0 Å². The van der Waals surface area contributed by atoms with Crippen LogP contribution in [0.1, 0.15) is 38.5 Å². The van der Waals surface area contributed by atoms with Gasteiger partial charge in [0.2, 0.25) is 0 Å². The maximum Gasteiger partial charge on any atom is 0.0712 e. The van der Waals surface area contributed by atoms with Gasteiger partial charge >= 0.3 is 0 Å². The maximum atomic E-state index is 5.55. The molecule has 1 nitrogen and oxygen atoms in total. The third-order valence-corrected chi connectivity index (χ3v) is 2.71. The van der Waals surface area contributed by atoms with Gasteiger partial charge in [-0.1, -0.05) is 25.3 Å². The van der Waals surface area contributed by atoms with Crippen LogP contribution in [0.3, 0.4) is 0 Å². The molecule has 0 atom stereocenters. The number of rotatable bonds is 3. The van der Waals surface area contributed by atoms with E-state index in [0.717, 1.165) is 6.42 Å². The molecule has 64 valence electrons. The van der Waals surface area contributed by atoms with Gasteiger partial charge in [0.25, 0.3) is 0 Å². The van der Waals surface area contributed by atoms with Crippen molar-refractivity contribution >= 4 is 0 Å². The van der Waals surface area contributed by atoms with E-state index < -0.39 is 0 Å². The monoisotopic (exact) mass is 154 g/mol. The molecule has 0 saturated heterocycles. The van der Waals surface area contributed by atoms with E-state index in [9.17, 15) is 0 Å². The lowest BCUT2D eigenvalue weighted by atomic mass is 9.82. The van der Waals surface area contributed by atoms with Crippen molar-refractivity contribution in [2.75, 3.05) is 7.11 Å². The van der Waals surface area contributed by atoms with Crippen molar-refractivity contribution < 1.29 is 4.74 Å². The maximum absolute atomic E-state index is 5.55. The molecule has 0 heterocycles. The average molecular weight is 154 g/mol. The number of hydrogen-bond acceptors (Lipinski definition) is 1. The summed E-state index contributed by atoms with van der Waals surface area (Å²) in [5, 5.41) is 0. The van der Waals surface area contributed by atoms with Crippen LogP contribution in [0.4, 0.5) is 0 Å². The molecule has 0 amide bonds. The Bertz CT molecular complexity index is 123. The van der Waals surface area contributed by atoms with Crippen LogP contribution in [0.15, 0.2) is 12.7 Å². The third-order valence-electron chi connectivity index (χ3n) is 2.71. The molecule has 0 aromatic carbocycles. The molecular formula is C10H18O. The van der Waals surface area contributed by atoms with Crippen LogP contribution in [0.25, 0.3) is 0 Å². The molecule has 1 rings (SSSR count). The van der Waals surface area contributed by atoms with Crippen LogP contribution in [0.2, 0.25) is 0 Å². The molecule has 11 heavy (non-hydrogen) atoms. The lowest BCUT2D eigenvalue weighted by Crippen LogP contribution is -2.33. The summed E-state index contributed by atoms with van der Waals surface area (Å²) in [5.74, 6) is 0. The van der Waals surface area contributed by atoms with Crippen molar-refractivity contribution in [3.05, 3.63) is 12.7 Å². The summed E-state index contributed by atoms with van der Waals surface area (Å²) < 4.78 is 5.55. The zero-order valence-electron chi connectivity index (χ0n) is 7.44. The fourth-order valence-corrected chi connectivity index (χ4v) is 1.95. The van der Waals surface area contributed by atoms with Crippen LogP contribution >= 0.6 is 0 Å². The molecule has 0 aliphatic heterocycles. The summed E-state index contributed by atoms with van der Waals surface area (Å²) in [6.07, 6.45) is 9.45. The minimum absolute atomic E-state index is 0.153. The van der Waals surface area contributed by atoms with Gasteiger partial charge < -0.3 is 4.74 Å². The van der Waals surface area contributed by atoms with Crippen molar-refractivity contribution in [2.45, 2.75) is 44.1 Å². The lowest BCUT2D eigenvalue weighted by Gasteiger charge is -2.35. The van der Waals surface area contributed by atoms with Gasteiger partial charge in [-0.2, -0.15) is 0 Å². The van der Waals surface area contributed by atoms with Gasteiger partial charge in [-0.05, 0) is 19.3 Å². The van der Waals surface area contributed by atoms with Crippen LogP contribution in [-0.4, -0.2) is 12.7 Å². The molecule has 0 spiro atoms. The zero-order valence-corrected chi connectivity index (χ0v) is 7.44. The van der Waals surface area contributed by atoms with Crippen LogP contribution in [0.5, 0.6) is 0 Å². The second kappa shape index (κ2) is 3.91. The van der Waals surface area contributed by atoms with Gasteiger partial charge in [-0.25, -0.2) is 0 Å². The molecule has 0 unspecified atom stereocenters. The van der Waals surface area contributed by atoms with Crippen molar-refractivity contribution in [1.29, 1.82) is 0 Å². The second-order valence-corrected chi connectivity index (χ2v) is 3.44. The Morgan fingerprint density at radius 3 is 2.45 bits per heavy atom. The highest BCUT2D eigenvalue weighted by Crippen LogP contribution is 2.33. The van der Waals surface area contributed by atoms with E-state index in [1.807, 2.05) is 13.2 Å². The molecule has 0 radical (unpaired) electrons. The Labute approximate surface area is 69.4 Å². The quantitative estimate of drug-likeness (QED) is 0.568. The minimum Gasteiger partial charge on any atom is -0.378 e. The summed E-state index contributed by atoms with van der Waals surface area (Å²) in [4.78, 5) is 0. The minimum atomic E-state index is 0.153. The molecule has 0 N–H and O–H groups in total. The highest BCUT2D eigenvalue weighted by Gasteiger charge is 2.29. The summed E-state index contributed by atoms with van der Waals surface area (Å²) in [5.41, 5.74) is 0.153. The number of methoxy groups -OCH3 is 1. The van der Waals surface area contributed by atoms with Gasteiger partial charge in [0.05, 0.1) is 5.60 Å². The number of hydrogen-bond donors (Lipinski definition) is 0. The Morgan fingerprint density at radius 1 is 1.36 bits per heavy atom. The van der Waals surface area contributed by atoms with Crippen molar-refractivity contribution in [3.63, 3.8) is 0 Å². The summed E-state index contributed by atoms with van der Waals surface area (Å²) in [6, 6.07) is 0. The zero-order chi connectivity index (χ0) is 8.16. The fourth-order valence-electron chi connectivity index (χ4n) is 1.95. The molecular weight excluding hydrogens is 136 g/mol.